The smallest absolute Gasteiger partial charge is 0.413 e. The quantitative estimate of drug-likeness (QED) is 0.0654. The number of hydrogen-bond donors (Lipinski definition) is 7. The molecule has 0 aliphatic carbocycles. The maximum Gasteiger partial charge on any atom is 0.413 e. The van der Waals surface area contributed by atoms with Crippen LogP contribution in [0, 0.1) is 5.92 Å². The second kappa shape index (κ2) is 20.1. The summed E-state index contributed by atoms with van der Waals surface area (Å²) < 4.78 is 18.4. The lowest BCUT2D eigenvalue weighted by molar-refractivity contribution is -0.128. The number of nitrogens with one attached hydrogen (secondary N) is 5. The number of carbonyl (C=O) groups excluding carboxylic acids is 5. The third kappa shape index (κ3) is 13.8. The van der Waals surface area contributed by atoms with Crippen LogP contribution in [-0.4, -0.2) is 86.1 Å². The van der Waals surface area contributed by atoms with Crippen LogP contribution >= 0.6 is 0 Å². The minimum atomic E-state index is -1.08. The topological polar surface area (TPSA) is 250 Å². The number of para-hydroxylation sites is 1. The molecule has 2 atom stereocenters. The van der Waals surface area contributed by atoms with Gasteiger partial charge in [0.1, 0.15) is 42.2 Å². The summed E-state index contributed by atoms with van der Waals surface area (Å²) in [7, 11) is 0. The minimum absolute atomic E-state index is 0.119. The number of imidazole rings is 1. The second-order valence-corrected chi connectivity index (χ2v) is 16.0. The Hall–Kier alpha value is -6.01. The van der Waals surface area contributed by atoms with E-state index in [1.54, 1.807) is 72.7 Å². The van der Waals surface area contributed by atoms with Gasteiger partial charge in [0.2, 0.25) is 11.8 Å². The Morgan fingerprint density at radius 2 is 1.58 bits per heavy atom. The van der Waals surface area contributed by atoms with Crippen molar-refractivity contribution in [2.75, 3.05) is 23.8 Å². The summed E-state index contributed by atoms with van der Waals surface area (Å²) in [5.41, 5.74) is 6.03. The average Bonchev–Trinajstić information content (AvgIpc) is 3.49. The van der Waals surface area contributed by atoms with Gasteiger partial charge in [-0.1, -0.05) is 44.2 Å². The molecule has 0 aliphatic heterocycles. The molecule has 0 unspecified atom stereocenters. The lowest BCUT2D eigenvalue weighted by atomic mass is 10.0. The molecule has 6 amide bonds. The highest BCUT2D eigenvalue weighted by Gasteiger charge is 2.31. The van der Waals surface area contributed by atoms with Crippen molar-refractivity contribution in [1.82, 2.24) is 30.5 Å². The van der Waals surface area contributed by atoms with E-state index in [2.05, 4.69) is 31.6 Å². The highest BCUT2D eigenvalue weighted by Crippen LogP contribution is 2.32. The zero-order valence-corrected chi connectivity index (χ0v) is 34.9. The number of ether oxygens (including phenoxy) is 3. The molecule has 4 rings (SSSR count). The van der Waals surface area contributed by atoms with E-state index < -0.39 is 53.3 Å². The fourth-order valence-electron chi connectivity index (χ4n) is 6.04. The lowest BCUT2D eigenvalue weighted by Crippen LogP contribution is -2.55. The van der Waals surface area contributed by atoms with Crippen molar-refractivity contribution in [3.8, 4) is 0 Å². The molecule has 2 heterocycles. The first-order valence-electron chi connectivity index (χ1n) is 19.5. The van der Waals surface area contributed by atoms with Gasteiger partial charge in [0.15, 0.2) is 5.82 Å². The molecule has 4 aromatic rings. The van der Waals surface area contributed by atoms with Gasteiger partial charge in [-0.05, 0) is 84.1 Å². The normalized spacial score (nSPS) is 12.8. The number of primary amides is 1. The van der Waals surface area contributed by atoms with Gasteiger partial charge in [-0.3, -0.25) is 14.9 Å². The summed E-state index contributed by atoms with van der Waals surface area (Å²) in [6.07, 6.45) is -1.10. The van der Waals surface area contributed by atoms with E-state index in [9.17, 15) is 29.1 Å². The fraction of sp³-hybridized carbons (Fsp3) is 0.488. The zero-order chi connectivity index (χ0) is 43.5. The monoisotopic (exact) mass is 819 g/mol. The van der Waals surface area contributed by atoms with Crippen LogP contribution in [0.3, 0.4) is 0 Å². The number of carbonyl (C=O) groups is 5. The molecular formula is C41H57N9O9. The van der Waals surface area contributed by atoms with Crippen molar-refractivity contribution in [3.63, 3.8) is 0 Å². The largest absolute Gasteiger partial charge is 0.444 e. The van der Waals surface area contributed by atoms with Gasteiger partial charge in [0.25, 0.3) is 0 Å². The fourth-order valence-corrected chi connectivity index (χ4v) is 6.04. The first kappa shape index (κ1) is 45.7. The van der Waals surface area contributed by atoms with Crippen molar-refractivity contribution in [2.24, 2.45) is 11.7 Å². The molecule has 2 aromatic heterocycles. The number of alkyl carbamates (subject to hydrolysis) is 1. The van der Waals surface area contributed by atoms with Crippen molar-refractivity contribution in [1.29, 1.82) is 0 Å². The Morgan fingerprint density at radius 3 is 2.20 bits per heavy atom. The standard InChI is InChI=1S/C41H57N9O9/c1-9-57-22-30-47-32-33(50(30)23-41(7,8)56)27-13-10-11-14-28(27)45-34(32)49-38(54)58-21-25-16-18-26(19-17-25)44-35(51)29(15-12-20-43-37(42)53)46-36(52)31(24(2)3)48-39(55)59-40(4,5)6/h10-11,13-14,16-19,24,29,31,56H,9,12,15,20-23H2,1-8H3,(H,44,51)(H,46,52)(H,48,55)(H3,42,43,53)(H,45,49,54)/t29-,31-/m0/s1. The van der Waals surface area contributed by atoms with Gasteiger partial charge in [0, 0.05) is 24.2 Å². The number of fused-ring (bicyclic) bond motifs is 3. The van der Waals surface area contributed by atoms with Crippen LogP contribution < -0.4 is 32.3 Å². The average molecular weight is 820 g/mol. The molecule has 18 nitrogen and oxygen atoms in total. The van der Waals surface area contributed by atoms with E-state index in [1.165, 1.54) is 0 Å². The minimum Gasteiger partial charge on any atom is -0.444 e. The summed E-state index contributed by atoms with van der Waals surface area (Å²) in [4.78, 5) is 73.2. The van der Waals surface area contributed by atoms with E-state index in [4.69, 9.17) is 24.9 Å². The first-order valence-corrected chi connectivity index (χ1v) is 19.5. The zero-order valence-electron chi connectivity index (χ0n) is 34.9. The molecule has 0 saturated heterocycles. The second-order valence-electron chi connectivity index (χ2n) is 16.0. The van der Waals surface area contributed by atoms with E-state index in [1.807, 2.05) is 35.8 Å². The predicted octanol–water partition coefficient (Wildman–Crippen LogP) is 5.06. The number of nitrogens with zero attached hydrogens (tertiary/aromatic N) is 3. The van der Waals surface area contributed by atoms with E-state index >= 15 is 0 Å². The molecule has 2 aromatic carbocycles. The van der Waals surface area contributed by atoms with Crippen LogP contribution in [0.2, 0.25) is 0 Å². The van der Waals surface area contributed by atoms with E-state index in [-0.39, 0.29) is 44.5 Å². The van der Waals surface area contributed by atoms with Crippen LogP contribution in [0.1, 0.15) is 79.6 Å². The molecule has 0 spiro atoms. The highest BCUT2D eigenvalue weighted by molar-refractivity contribution is 6.09. The Bertz CT molecular complexity index is 2110. The number of pyridine rings is 1. The molecule has 0 bridgehead atoms. The number of anilines is 2. The van der Waals surface area contributed by atoms with E-state index in [0.29, 0.717) is 46.7 Å². The van der Waals surface area contributed by atoms with Gasteiger partial charge in [-0.15, -0.1) is 0 Å². The molecule has 320 valence electrons. The summed E-state index contributed by atoms with van der Waals surface area (Å²) in [5.74, 6) is -0.723. The van der Waals surface area contributed by atoms with Gasteiger partial charge < -0.3 is 50.9 Å². The molecule has 59 heavy (non-hydrogen) atoms. The summed E-state index contributed by atoms with van der Waals surface area (Å²) in [5, 5.41) is 24.8. The predicted molar refractivity (Wildman–Crippen MR) is 222 cm³/mol. The maximum atomic E-state index is 13.5. The number of amides is 6. The lowest BCUT2D eigenvalue weighted by Gasteiger charge is -2.27. The summed E-state index contributed by atoms with van der Waals surface area (Å²) in [6, 6.07) is 11.2. The molecule has 0 radical (unpaired) electrons. The summed E-state index contributed by atoms with van der Waals surface area (Å²) >= 11 is 0. The van der Waals surface area contributed by atoms with Crippen molar-refractivity contribution in [2.45, 2.75) is 111 Å². The Morgan fingerprint density at radius 1 is 0.881 bits per heavy atom. The Kier molecular flexibility index (Phi) is 15.6. The number of hydrogen-bond acceptors (Lipinski definition) is 11. The number of aliphatic hydroxyl groups is 1. The number of nitrogens with two attached hydrogens (primary N) is 1. The molecule has 8 N–H and O–H groups in total. The van der Waals surface area contributed by atoms with Gasteiger partial charge in [-0.25, -0.2) is 24.4 Å². The van der Waals surface area contributed by atoms with Crippen LogP contribution in [0.15, 0.2) is 48.5 Å². The number of urea groups is 1. The van der Waals surface area contributed by atoms with Gasteiger partial charge in [-0.2, -0.15) is 0 Å². The van der Waals surface area contributed by atoms with Crippen LogP contribution in [0.5, 0.6) is 0 Å². The summed E-state index contributed by atoms with van der Waals surface area (Å²) in [6.45, 7) is 14.8. The van der Waals surface area contributed by atoms with Gasteiger partial charge in [0.05, 0.1) is 23.2 Å². The van der Waals surface area contributed by atoms with Crippen molar-refractivity contribution >= 4 is 63.5 Å². The molecule has 18 heteroatoms. The number of aromatic nitrogens is 3. The Labute approximate surface area is 343 Å². The SMILES string of the molecule is CCOCc1nc2c(NC(=O)OCc3ccc(NC(=O)[C@H](CCCNC(N)=O)NC(=O)[C@@H](NC(=O)OC(C)(C)C)C(C)C)cc3)nc3ccccc3c2n1CC(C)(C)O. The molecule has 0 fully saturated rings. The Balaban J connectivity index is 1.45. The molecule has 0 saturated carbocycles. The highest BCUT2D eigenvalue weighted by atomic mass is 16.6. The first-order chi connectivity index (χ1) is 27.7. The van der Waals surface area contributed by atoms with Crippen molar-refractivity contribution in [3.05, 3.63) is 59.9 Å². The number of rotatable bonds is 18. The maximum absolute atomic E-state index is 13.5. The van der Waals surface area contributed by atoms with Gasteiger partial charge >= 0.3 is 18.2 Å². The molecular weight excluding hydrogens is 763 g/mol. The third-order valence-corrected chi connectivity index (χ3v) is 8.68. The molecule has 0 aliphatic rings. The third-order valence-electron chi connectivity index (χ3n) is 8.68. The number of benzene rings is 2. The van der Waals surface area contributed by atoms with Crippen LogP contribution in [0.4, 0.5) is 25.9 Å². The van der Waals surface area contributed by atoms with Crippen LogP contribution in [-0.2, 0) is 43.6 Å². The van der Waals surface area contributed by atoms with Crippen molar-refractivity contribution < 1.29 is 43.3 Å². The van der Waals surface area contributed by atoms with E-state index in [0.717, 1.165) is 5.39 Å². The van der Waals surface area contributed by atoms with Crippen LogP contribution in [0.25, 0.3) is 21.9 Å².